The van der Waals surface area contributed by atoms with Crippen LogP contribution in [0.4, 0.5) is 0 Å². The van der Waals surface area contributed by atoms with Gasteiger partial charge in [-0.05, 0) is 35.0 Å². The Bertz CT molecular complexity index is 604. The Morgan fingerprint density at radius 3 is 2.73 bits per heavy atom. The number of fused-ring (bicyclic) bond motifs is 1. The SMILES string of the molecule is Cc1c(C)[n+](=O)c2c(Br)cccc2n1[O-]. The van der Waals surface area contributed by atoms with Crippen LogP contribution in [0.3, 0.4) is 0 Å². The maximum absolute atomic E-state index is 11.9. The molecule has 0 saturated heterocycles. The largest absolute Gasteiger partial charge is 0.805 e. The minimum absolute atomic E-state index is 0.371. The van der Waals surface area contributed by atoms with Gasteiger partial charge >= 0.3 is 0 Å². The highest BCUT2D eigenvalue weighted by Crippen LogP contribution is 2.21. The van der Waals surface area contributed by atoms with Gasteiger partial charge in [-0.1, -0.05) is 6.07 Å². The molecule has 0 amide bonds. The van der Waals surface area contributed by atoms with Gasteiger partial charge in [-0.2, -0.15) is 0 Å². The Hall–Kier alpha value is -1.36. The summed E-state index contributed by atoms with van der Waals surface area (Å²) in [6, 6.07) is 5.11. The van der Waals surface area contributed by atoms with Crippen LogP contribution in [-0.2, 0) is 0 Å². The van der Waals surface area contributed by atoms with E-state index in [2.05, 4.69) is 15.9 Å². The summed E-state index contributed by atoms with van der Waals surface area (Å²) in [5.74, 6) is 0. The third kappa shape index (κ3) is 1.34. The molecule has 0 spiro atoms. The lowest BCUT2D eigenvalue weighted by Gasteiger charge is -2.15. The number of nitrogens with zero attached hydrogens (tertiary/aromatic N) is 2. The molecule has 1 heterocycles. The van der Waals surface area contributed by atoms with Crippen molar-refractivity contribution < 1.29 is 4.43 Å². The number of rotatable bonds is 0. The molecule has 0 N–H and O–H groups in total. The minimum atomic E-state index is 0.371. The van der Waals surface area contributed by atoms with Crippen molar-refractivity contribution in [3.05, 3.63) is 44.2 Å². The molecule has 1 aromatic heterocycles. The Morgan fingerprint density at radius 2 is 2.07 bits per heavy atom. The summed E-state index contributed by atoms with van der Waals surface area (Å²) in [4.78, 5) is 11.9. The van der Waals surface area contributed by atoms with Crippen molar-refractivity contribution in [2.24, 2.45) is 0 Å². The van der Waals surface area contributed by atoms with E-state index in [0.29, 0.717) is 26.9 Å². The van der Waals surface area contributed by atoms with Gasteiger partial charge < -0.3 is 9.94 Å². The summed E-state index contributed by atoms with van der Waals surface area (Å²) in [5.41, 5.74) is 1.60. The number of hydrogen-bond donors (Lipinski definition) is 0. The molecule has 2 rings (SSSR count). The zero-order chi connectivity index (χ0) is 11.2. The molecule has 0 aliphatic heterocycles. The first-order valence-electron chi connectivity index (χ1n) is 4.44. The van der Waals surface area contributed by atoms with E-state index in [1.807, 2.05) is 0 Å². The van der Waals surface area contributed by atoms with Crippen LogP contribution in [0, 0.1) is 24.0 Å². The molecule has 4 nitrogen and oxygen atoms in total. The molecule has 0 aliphatic rings. The maximum Gasteiger partial charge on any atom is 0.300 e. The molecule has 0 atom stereocenters. The van der Waals surface area contributed by atoms with E-state index in [4.69, 9.17) is 0 Å². The number of aromatic nitrogens is 2. The summed E-state index contributed by atoms with van der Waals surface area (Å²) >= 11 is 3.27. The van der Waals surface area contributed by atoms with Gasteiger partial charge in [0, 0.05) is 11.8 Å². The zero-order valence-corrected chi connectivity index (χ0v) is 9.91. The summed E-state index contributed by atoms with van der Waals surface area (Å²) < 4.78 is 2.19. The van der Waals surface area contributed by atoms with E-state index in [1.54, 1.807) is 32.0 Å². The molecule has 0 unspecified atom stereocenters. The topological polar surface area (TPSA) is 51.0 Å². The van der Waals surface area contributed by atoms with Crippen molar-refractivity contribution in [1.29, 1.82) is 0 Å². The molecule has 2 aromatic rings. The zero-order valence-electron chi connectivity index (χ0n) is 8.32. The average molecular weight is 269 g/mol. The van der Waals surface area contributed by atoms with Gasteiger partial charge in [-0.25, -0.2) is 0 Å². The lowest BCUT2D eigenvalue weighted by molar-refractivity contribution is -0.474. The van der Waals surface area contributed by atoms with Crippen molar-refractivity contribution in [1.82, 2.24) is 4.73 Å². The maximum atomic E-state index is 11.9. The van der Waals surface area contributed by atoms with E-state index in [9.17, 15) is 10.1 Å². The van der Waals surface area contributed by atoms with Gasteiger partial charge in [0.1, 0.15) is 5.52 Å². The van der Waals surface area contributed by atoms with Crippen LogP contribution in [0.25, 0.3) is 11.0 Å². The van der Waals surface area contributed by atoms with Gasteiger partial charge in [0.05, 0.1) is 14.6 Å². The monoisotopic (exact) mass is 268 g/mol. The molecule has 0 saturated carbocycles. The second kappa shape index (κ2) is 3.34. The highest BCUT2D eigenvalue weighted by Gasteiger charge is 2.17. The third-order valence-electron chi connectivity index (χ3n) is 2.52. The minimum Gasteiger partial charge on any atom is -0.805 e. The Morgan fingerprint density at radius 1 is 1.40 bits per heavy atom. The van der Waals surface area contributed by atoms with Crippen molar-refractivity contribution in [3.63, 3.8) is 0 Å². The number of para-hydroxylation sites is 1. The number of benzene rings is 1. The van der Waals surface area contributed by atoms with Crippen LogP contribution in [0.2, 0.25) is 0 Å². The molecular formula is C10H9BrN2O2. The summed E-state index contributed by atoms with van der Waals surface area (Å²) in [6.07, 6.45) is 0. The normalized spacial score (nSPS) is 10.9. The Kier molecular flexibility index (Phi) is 2.26. The second-order valence-corrected chi connectivity index (χ2v) is 4.22. The van der Waals surface area contributed by atoms with Gasteiger partial charge in [-0.3, -0.25) is 0 Å². The summed E-state index contributed by atoms with van der Waals surface area (Å²) in [6.45, 7) is 3.27. The molecule has 0 bridgehead atoms. The fourth-order valence-corrected chi connectivity index (χ4v) is 2.03. The first-order valence-corrected chi connectivity index (χ1v) is 5.24. The summed E-state index contributed by atoms with van der Waals surface area (Å²) in [7, 11) is 0. The first kappa shape index (κ1) is 10.2. The number of halogens is 1. The fourth-order valence-electron chi connectivity index (χ4n) is 1.51. The second-order valence-electron chi connectivity index (χ2n) is 3.37. The molecule has 5 heteroatoms. The highest BCUT2D eigenvalue weighted by atomic mass is 79.9. The fraction of sp³-hybridized carbons (Fsp3) is 0.200. The highest BCUT2D eigenvalue weighted by molar-refractivity contribution is 9.10. The van der Waals surface area contributed by atoms with E-state index in [1.165, 1.54) is 0 Å². The molecular weight excluding hydrogens is 260 g/mol. The molecule has 78 valence electrons. The predicted octanol–water partition coefficient (Wildman–Crippen LogP) is 2.28. The molecule has 1 aromatic carbocycles. The van der Waals surface area contributed by atoms with E-state index in [-0.39, 0.29) is 0 Å². The van der Waals surface area contributed by atoms with Crippen LogP contribution in [-0.4, -0.2) is 4.73 Å². The van der Waals surface area contributed by atoms with Crippen LogP contribution >= 0.6 is 15.9 Å². The van der Waals surface area contributed by atoms with Gasteiger partial charge in [0.25, 0.3) is 11.2 Å². The lowest BCUT2D eigenvalue weighted by Crippen LogP contribution is -2.24. The van der Waals surface area contributed by atoms with E-state index >= 15 is 0 Å². The molecule has 0 radical (unpaired) electrons. The molecule has 15 heavy (non-hydrogen) atoms. The van der Waals surface area contributed by atoms with Crippen molar-refractivity contribution in [3.8, 4) is 0 Å². The lowest BCUT2D eigenvalue weighted by atomic mass is 10.2. The smallest absolute Gasteiger partial charge is 0.300 e. The van der Waals surface area contributed by atoms with Gasteiger partial charge in [-0.15, -0.1) is 0 Å². The van der Waals surface area contributed by atoms with E-state index < -0.39 is 0 Å². The third-order valence-corrected chi connectivity index (χ3v) is 3.16. The quantitative estimate of drug-likeness (QED) is 0.689. The van der Waals surface area contributed by atoms with E-state index in [0.717, 1.165) is 9.16 Å². The van der Waals surface area contributed by atoms with Crippen LogP contribution < -0.4 is 4.43 Å². The van der Waals surface area contributed by atoms with Crippen LogP contribution in [0.1, 0.15) is 11.4 Å². The Balaban J connectivity index is 3.15. The Labute approximate surface area is 94.5 Å². The van der Waals surface area contributed by atoms with Crippen molar-refractivity contribution in [2.75, 3.05) is 0 Å². The molecule has 0 fully saturated rings. The van der Waals surface area contributed by atoms with Crippen LogP contribution in [0.5, 0.6) is 0 Å². The molecule has 0 aliphatic carbocycles. The van der Waals surface area contributed by atoms with Gasteiger partial charge in [0.2, 0.25) is 0 Å². The van der Waals surface area contributed by atoms with Crippen molar-refractivity contribution in [2.45, 2.75) is 13.8 Å². The standard InChI is InChI=1S/C10H9BrN2O2/c1-6-7(2)13(15)10-8(11)4-3-5-9(10)12(6)14/h3-5H,1-2H3. The first-order chi connectivity index (χ1) is 7.04. The van der Waals surface area contributed by atoms with Crippen LogP contribution in [0.15, 0.2) is 22.7 Å². The van der Waals surface area contributed by atoms with Gasteiger partial charge in [0.15, 0.2) is 0 Å². The number of hydrogen-bond acceptors (Lipinski definition) is 2. The average Bonchev–Trinajstić information content (AvgIpc) is 2.23. The summed E-state index contributed by atoms with van der Waals surface area (Å²) in [5, 5.41) is 11.8. The van der Waals surface area contributed by atoms with Crippen molar-refractivity contribution >= 4 is 27.0 Å². The predicted molar refractivity (Wildman–Crippen MR) is 61.2 cm³/mol.